The van der Waals surface area contributed by atoms with Crippen LogP contribution < -0.4 is 92.1 Å². The van der Waals surface area contributed by atoms with Crippen molar-refractivity contribution in [2.24, 2.45) is 22.9 Å². The summed E-state index contributed by atoms with van der Waals surface area (Å²) in [6.45, 7) is 6.54. The Hall–Kier alpha value is -9.77. The first-order valence-corrected chi connectivity index (χ1v) is 40.5. The molecule has 4 fully saturated rings. The van der Waals surface area contributed by atoms with Crippen molar-refractivity contribution in [3.8, 4) is 0 Å². The summed E-state index contributed by atoms with van der Waals surface area (Å²) < 4.78 is 46.6. The zero-order valence-electron chi connectivity index (χ0n) is 70.8. The summed E-state index contributed by atoms with van der Waals surface area (Å²) in [7, 11) is 0. The molecule has 16 amide bonds. The van der Waals surface area contributed by atoms with E-state index in [9.17, 15) is 138 Å². The van der Waals surface area contributed by atoms with E-state index in [0.29, 0.717) is 6.42 Å². The Balaban J connectivity index is 1.27. The van der Waals surface area contributed by atoms with Crippen LogP contribution in [0.1, 0.15) is 133 Å². The number of carbonyl (C=O) groups excluding carboxylic acids is 16. The SMILES string of the molecule is CC(=O)NC1C(OC2C(CO)OC(O)C(NC(C)=O)C2OC(C)C(=O)NC(C)C(=O)NC(CCC(=O)NC(CCCCNC(=O)CC(NC(=O)C(C)NC(=O)C(CCCCN)NC(=O)CCC(NC(=O)C(C)NC(=O)C(C)OC2C(NC(C)=O)C(O)OC(CO)C2OC2OC(CO)C(O)C(O)C2NC(C)=O)C(N)=O)C(N)=O)C(=O)O)C(N)=O)OC(CO)C(O)C1O. The fourth-order valence-electron chi connectivity index (χ4n) is 13.6. The third-order valence-electron chi connectivity index (χ3n) is 20.4. The van der Waals surface area contributed by atoms with E-state index < -0.39 is 342 Å². The maximum Gasteiger partial charge on any atom is 0.326 e. The lowest BCUT2D eigenvalue weighted by Crippen LogP contribution is -2.70. The third-order valence-corrected chi connectivity index (χ3v) is 20.4. The number of nitrogens with one attached hydrogen (secondary N) is 13. The van der Waals surface area contributed by atoms with Gasteiger partial charge in [-0.2, -0.15) is 0 Å². The summed E-state index contributed by atoms with van der Waals surface area (Å²) in [6, 6.07) is -18.5. The number of ether oxygens (including phenoxy) is 8. The second kappa shape index (κ2) is 52.5. The molecule has 0 aromatic rings. The van der Waals surface area contributed by atoms with Gasteiger partial charge in [0.1, 0.15) is 158 Å². The molecule has 0 radical (unpaired) electrons. The highest BCUT2D eigenvalue weighted by Crippen LogP contribution is 2.34. The predicted molar refractivity (Wildman–Crippen MR) is 421 cm³/mol. The largest absolute Gasteiger partial charge is 0.480 e. The average Bonchev–Trinajstić information content (AvgIpc) is 0.771. The minimum atomic E-state index is -1.95. The highest BCUT2D eigenvalue weighted by atomic mass is 16.7. The van der Waals surface area contributed by atoms with Gasteiger partial charge < -0.3 is 186 Å². The van der Waals surface area contributed by atoms with Gasteiger partial charge in [-0.3, -0.25) is 76.7 Å². The van der Waals surface area contributed by atoms with Gasteiger partial charge in [-0.15, -0.1) is 0 Å². The normalized spacial score (nSPS) is 28.3. The number of carboxylic acid groups (broad SMARTS) is 1. The van der Waals surface area contributed by atoms with Gasteiger partial charge in [-0.05, 0) is 92.5 Å². The first kappa shape index (κ1) is 109. The molecule has 4 aliphatic heterocycles. The van der Waals surface area contributed by atoms with E-state index in [1.165, 1.54) is 27.7 Å². The summed E-state index contributed by atoms with van der Waals surface area (Å²) in [6.07, 6.45) is -33.1. The number of amides is 16. The second-order valence-corrected chi connectivity index (χ2v) is 30.6. The van der Waals surface area contributed by atoms with Crippen LogP contribution in [0.2, 0.25) is 0 Å². The van der Waals surface area contributed by atoms with Crippen molar-refractivity contribution >= 4 is 100 Å². The van der Waals surface area contributed by atoms with Crippen molar-refractivity contribution in [1.82, 2.24) is 69.1 Å². The van der Waals surface area contributed by atoms with Gasteiger partial charge in [-0.1, -0.05) is 0 Å². The number of aliphatic carboxylic acids is 1. The molecule has 0 aromatic carbocycles. The van der Waals surface area contributed by atoms with E-state index in [4.69, 9.17) is 60.8 Å². The quantitative estimate of drug-likeness (QED) is 0.0252. The molecule has 4 saturated heterocycles. The molecule has 126 heavy (non-hydrogen) atoms. The molecule has 0 saturated carbocycles. The van der Waals surface area contributed by atoms with Crippen molar-refractivity contribution in [3.63, 3.8) is 0 Å². The number of primary amides is 3. The van der Waals surface area contributed by atoms with Gasteiger partial charge in [-0.25, -0.2) is 4.79 Å². The van der Waals surface area contributed by atoms with Gasteiger partial charge >= 0.3 is 5.97 Å². The summed E-state index contributed by atoms with van der Waals surface area (Å²) in [5.74, 6) is -16.7. The van der Waals surface area contributed by atoms with Crippen LogP contribution >= 0.6 is 0 Å². The molecule has 30 atom stereocenters. The van der Waals surface area contributed by atoms with Gasteiger partial charge in [0.05, 0.1) is 32.8 Å². The number of nitrogens with two attached hydrogens (primary N) is 4. The number of rotatable bonds is 51. The van der Waals surface area contributed by atoms with E-state index >= 15 is 0 Å². The molecule has 0 spiro atoms. The van der Waals surface area contributed by atoms with E-state index in [2.05, 4.69) is 69.1 Å². The van der Waals surface area contributed by atoms with E-state index in [-0.39, 0.29) is 45.2 Å². The molecule has 30 unspecified atom stereocenters. The number of hydrogen-bond acceptors (Lipinski definition) is 36. The van der Waals surface area contributed by atoms with E-state index in [0.717, 1.165) is 34.6 Å². The predicted octanol–water partition coefficient (Wildman–Crippen LogP) is -15.5. The van der Waals surface area contributed by atoms with Crippen molar-refractivity contribution < 1.29 is 176 Å². The molecule has 4 heterocycles. The lowest BCUT2D eigenvalue weighted by atomic mass is 9.94. The van der Waals surface area contributed by atoms with Gasteiger partial charge in [0.15, 0.2) is 25.2 Å². The standard InChI is InChI=1S/C73H123N17O36/c1-27(79-66(112)30(4)119-58-50(84-34(8)97)70(117)121-43(25-93)56(58)125-72-48(82-32(6)95)54(104)52(102)41(23-91)123-72)63(109)88-36(60(75)106)16-18-45(99)86-38(14-10-12-20-74)68(114)81-29(3)65(111)90-40(62(77)108)22-47(101)78-21-13-11-15-39(69(115)116)87-46(100)19-17-37(61(76)107)89-64(110)28(2)80-67(113)31(5)120-59-51(85-35(9)98)71(118)122-44(26-94)57(59)126-73-49(83-33(7)96)55(105)53(103)42(24-92)124-73/h27-31,36-44,48-59,70-73,91-94,102-105,117-118H,10-26,74H2,1-9H3,(H2,75,106)(H2,76,107)(H2,77,108)(H,78,101)(H,79,112)(H,80,113)(H,81,114)(H,82,95)(H,83,96)(H,84,97)(H,85,98)(H,86,99)(H,87,100)(H,88,109)(H,89,110)(H,90,111)(H,115,116). The lowest BCUT2D eigenvalue weighted by molar-refractivity contribution is -0.333. The summed E-state index contributed by atoms with van der Waals surface area (Å²) in [5.41, 5.74) is 22.3. The molecule has 4 rings (SSSR count). The highest BCUT2D eigenvalue weighted by Gasteiger charge is 2.56. The zero-order valence-corrected chi connectivity index (χ0v) is 70.8. The van der Waals surface area contributed by atoms with Crippen LogP contribution in [0.5, 0.6) is 0 Å². The first-order valence-electron chi connectivity index (χ1n) is 40.5. The minimum Gasteiger partial charge on any atom is -0.480 e. The summed E-state index contributed by atoms with van der Waals surface area (Å²) in [4.78, 5) is 220. The van der Waals surface area contributed by atoms with Gasteiger partial charge in [0, 0.05) is 47.1 Å². The average molecular weight is 1810 g/mol. The number of aliphatic hydroxyl groups is 10. The third kappa shape index (κ3) is 33.5. The van der Waals surface area contributed by atoms with E-state index in [1.807, 2.05) is 0 Å². The maximum absolute atomic E-state index is 13.7. The molecule has 0 aliphatic carbocycles. The van der Waals surface area contributed by atoms with Crippen molar-refractivity contribution in [3.05, 3.63) is 0 Å². The Morgan fingerprint density at radius 2 is 0.706 bits per heavy atom. The lowest BCUT2D eigenvalue weighted by Gasteiger charge is -2.48. The molecule has 53 nitrogen and oxygen atoms in total. The van der Waals surface area contributed by atoms with Crippen molar-refractivity contribution in [2.75, 3.05) is 39.5 Å². The molecule has 4 aliphatic rings. The van der Waals surface area contributed by atoms with Crippen LogP contribution in [0, 0.1) is 0 Å². The number of hydrogen-bond donors (Lipinski definition) is 28. The van der Waals surface area contributed by atoms with Crippen molar-refractivity contribution in [2.45, 2.75) is 316 Å². The van der Waals surface area contributed by atoms with Gasteiger partial charge in [0.25, 0.3) is 0 Å². The topological polar surface area (TPSA) is 847 Å². The summed E-state index contributed by atoms with van der Waals surface area (Å²) >= 11 is 0. The van der Waals surface area contributed by atoms with Crippen LogP contribution in [0.3, 0.4) is 0 Å². The van der Waals surface area contributed by atoms with Crippen LogP contribution in [-0.4, -0.2) is 379 Å². The zero-order chi connectivity index (χ0) is 95.0. The molecular formula is C73H123N17O36. The fourth-order valence-corrected chi connectivity index (χ4v) is 13.6. The molecule has 53 heteroatoms. The molecule has 716 valence electrons. The smallest absolute Gasteiger partial charge is 0.326 e. The number of unbranched alkanes of at least 4 members (excludes halogenated alkanes) is 2. The minimum absolute atomic E-state index is 0.0385. The molecular weight excluding hydrogens is 1690 g/mol. The Morgan fingerprint density at radius 1 is 0.365 bits per heavy atom. The molecule has 0 bridgehead atoms. The number of carbonyl (C=O) groups is 17. The van der Waals surface area contributed by atoms with Crippen LogP contribution in [-0.2, 0) is 119 Å². The van der Waals surface area contributed by atoms with Crippen LogP contribution in [0.25, 0.3) is 0 Å². The highest BCUT2D eigenvalue weighted by molar-refractivity contribution is 5.97. The monoisotopic (exact) mass is 1810 g/mol. The summed E-state index contributed by atoms with van der Waals surface area (Å²) in [5, 5.41) is 146. The Bertz CT molecular complexity index is 3710. The molecule has 0 aromatic heterocycles. The van der Waals surface area contributed by atoms with Crippen LogP contribution in [0.4, 0.5) is 0 Å². The maximum atomic E-state index is 13.7. The number of carboxylic acids is 1. The Kier molecular flexibility index (Phi) is 45.2. The first-order chi connectivity index (χ1) is 59.1. The van der Waals surface area contributed by atoms with Crippen molar-refractivity contribution in [1.29, 1.82) is 0 Å². The van der Waals surface area contributed by atoms with Crippen LogP contribution in [0.15, 0.2) is 0 Å². The van der Waals surface area contributed by atoms with Gasteiger partial charge in [0.2, 0.25) is 94.5 Å². The number of aliphatic hydroxyl groups excluding tert-OH is 10. The molecule has 32 N–H and O–H groups in total. The Labute approximate surface area is 721 Å². The van der Waals surface area contributed by atoms with E-state index in [1.54, 1.807) is 0 Å². The Morgan fingerprint density at radius 3 is 1.06 bits per heavy atom. The second-order valence-electron chi connectivity index (χ2n) is 30.6. The fraction of sp³-hybridized carbons (Fsp3) is 0.767.